The largest absolute Gasteiger partial charge is 0.480 e. The van der Waals surface area contributed by atoms with Crippen LogP contribution in [0, 0.1) is 11.8 Å². The number of urea groups is 1. The first-order valence-electron chi connectivity index (χ1n) is 6.52. The maximum absolute atomic E-state index is 11.8. The van der Waals surface area contributed by atoms with E-state index in [4.69, 9.17) is 5.11 Å². The third-order valence-electron chi connectivity index (χ3n) is 3.47. The molecule has 0 aromatic carbocycles. The number of carbonyl (C=O) groups excluding carboxylic acids is 1. The second-order valence-electron chi connectivity index (χ2n) is 6.14. The maximum Gasteiger partial charge on any atom is 0.328 e. The molecule has 3 N–H and O–H groups in total. The van der Waals surface area contributed by atoms with E-state index in [0.29, 0.717) is 11.8 Å². The second-order valence-corrected chi connectivity index (χ2v) is 6.14. The Bertz CT molecular complexity index is 318. The number of aliphatic carboxylic acids is 1. The van der Waals surface area contributed by atoms with E-state index >= 15 is 0 Å². The van der Waals surface area contributed by atoms with E-state index < -0.39 is 17.5 Å². The van der Waals surface area contributed by atoms with Crippen LogP contribution in [0.5, 0.6) is 0 Å². The zero-order valence-electron chi connectivity index (χ0n) is 11.6. The number of hydrogen-bond acceptors (Lipinski definition) is 2. The van der Waals surface area contributed by atoms with Gasteiger partial charge in [-0.3, -0.25) is 0 Å². The van der Waals surface area contributed by atoms with E-state index in [2.05, 4.69) is 24.5 Å². The first-order chi connectivity index (χ1) is 8.20. The highest BCUT2D eigenvalue weighted by molar-refractivity contribution is 5.85. The summed E-state index contributed by atoms with van der Waals surface area (Å²) < 4.78 is 0. The van der Waals surface area contributed by atoms with Gasteiger partial charge < -0.3 is 15.7 Å². The van der Waals surface area contributed by atoms with E-state index in [1.54, 1.807) is 0 Å². The first-order valence-corrected chi connectivity index (χ1v) is 6.52. The number of carboxylic acid groups (broad SMARTS) is 1. The van der Waals surface area contributed by atoms with Crippen molar-refractivity contribution in [2.24, 2.45) is 11.8 Å². The molecule has 0 aromatic heterocycles. The molecule has 0 heterocycles. The molecule has 104 valence electrons. The normalized spacial score (nSPS) is 28.6. The van der Waals surface area contributed by atoms with Crippen molar-refractivity contribution in [1.82, 2.24) is 10.6 Å². The minimum absolute atomic E-state index is 0.147. The summed E-state index contributed by atoms with van der Waals surface area (Å²) in [5.74, 6) is 0.168. The minimum atomic E-state index is -1.24. The molecule has 0 saturated heterocycles. The van der Waals surface area contributed by atoms with Crippen molar-refractivity contribution in [3.05, 3.63) is 0 Å². The van der Waals surface area contributed by atoms with E-state index in [0.717, 1.165) is 12.8 Å². The van der Waals surface area contributed by atoms with Crippen molar-refractivity contribution in [3.63, 3.8) is 0 Å². The number of hydrogen-bond donors (Lipinski definition) is 3. The fourth-order valence-corrected chi connectivity index (χ4v) is 2.62. The van der Waals surface area contributed by atoms with E-state index in [-0.39, 0.29) is 6.04 Å². The van der Waals surface area contributed by atoms with Crippen LogP contribution in [-0.2, 0) is 4.79 Å². The van der Waals surface area contributed by atoms with Gasteiger partial charge in [0.25, 0.3) is 0 Å². The Hall–Kier alpha value is -1.26. The molecular formula is C13H24N2O3. The lowest BCUT2D eigenvalue weighted by Crippen LogP contribution is -2.55. The molecule has 5 nitrogen and oxygen atoms in total. The third kappa shape index (κ3) is 4.20. The fourth-order valence-electron chi connectivity index (χ4n) is 2.62. The van der Waals surface area contributed by atoms with Crippen LogP contribution in [0.3, 0.4) is 0 Å². The molecular weight excluding hydrogens is 232 g/mol. The van der Waals surface area contributed by atoms with Crippen LogP contribution in [0.4, 0.5) is 4.79 Å². The summed E-state index contributed by atoms with van der Waals surface area (Å²) in [5.41, 5.74) is -1.24. The highest BCUT2D eigenvalue weighted by Gasteiger charge is 2.31. The molecule has 1 saturated carbocycles. The summed E-state index contributed by atoms with van der Waals surface area (Å²) in [5, 5.41) is 14.3. The van der Waals surface area contributed by atoms with Gasteiger partial charge in [0, 0.05) is 6.04 Å². The van der Waals surface area contributed by atoms with Gasteiger partial charge in [-0.25, -0.2) is 9.59 Å². The molecule has 2 atom stereocenters. The van der Waals surface area contributed by atoms with E-state index in [1.807, 2.05) is 0 Å². The number of carboxylic acids is 1. The highest BCUT2D eigenvalue weighted by Crippen LogP contribution is 2.28. The summed E-state index contributed by atoms with van der Waals surface area (Å²) in [6, 6.07) is -0.248. The molecule has 1 aliphatic rings. The Labute approximate surface area is 108 Å². The van der Waals surface area contributed by atoms with Crippen LogP contribution < -0.4 is 10.6 Å². The summed E-state index contributed by atoms with van der Waals surface area (Å²) in [4.78, 5) is 22.7. The van der Waals surface area contributed by atoms with Crippen LogP contribution in [-0.4, -0.2) is 28.7 Å². The monoisotopic (exact) mass is 256 g/mol. The van der Waals surface area contributed by atoms with Crippen LogP contribution in [0.15, 0.2) is 0 Å². The standard InChI is InChI=1S/C13H24N2O3/c1-8-5-9(2)7-10(6-8)14-12(18)15-13(3,4)11(16)17/h8-10H,5-7H2,1-4H3,(H,16,17)(H2,14,15,18). The smallest absolute Gasteiger partial charge is 0.328 e. The quantitative estimate of drug-likeness (QED) is 0.722. The fraction of sp³-hybridized carbons (Fsp3) is 0.846. The van der Waals surface area contributed by atoms with Gasteiger partial charge in [0.1, 0.15) is 5.54 Å². The topological polar surface area (TPSA) is 78.4 Å². The number of carbonyl (C=O) groups is 2. The molecule has 0 aromatic rings. The predicted molar refractivity (Wildman–Crippen MR) is 69.3 cm³/mol. The number of nitrogens with one attached hydrogen (secondary N) is 2. The Kier molecular flexibility index (Phi) is 4.59. The molecule has 1 aliphatic carbocycles. The van der Waals surface area contributed by atoms with Crippen LogP contribution in [0.1, 0.15) is 47.0 Å². The van der Waals surface area contributed by atoms with Crippen LogP contribution in [0.25, 0.3) is 0 Å². The van der Waals surface area contributed by atoms with Crippen molar-refractivity contribution in [2.45, 2.75) is 58.5 Å². The van der Waals surface area contributed by atoms with Crippen LogP contribution in [0.2, 0.25) is 0 Å². The van der Waals surface area contributed by atoms with Gasteiger partial charge in [0.15, 0.2) is 0 Å². The SMILES string of the molecule is CC1CC(C)CC(NC(=O)NC(C)(C)C(=O)O)C1. The summed E-state index contributed by atoms with van der Waals surface area (Å²) >= 11 is 0. The lowest BCUT2D eigenvalue weighted by Gasteiger charge is -2.32. The lowest BCUT2D eigenvalue weighted by atomic mass is 9.80. The maximum atomic E-state index is 11.8. The van der Waals surface area contributed by atoms with Crippen LogP contribution >= 0.6 is 0 Å². The molecule has 2 unspecified atom stereocenters. The lowest BCUT2D eigenvalue weighted by molar-refractivity contribution is -0.142. The Morgan fingerprint density at radius 2 is 1.61 bits per heavy atom. The average molecular weight is 256 g/mol. The molecule has 1 rings (SSSR count). The van der Waals surface area contributed by atoms with Gasteiger partial charge in [-0.05, 0) is 44.9 Å². The van der Waals surface area contributed by atoms with E-state index in [9.17, 15) is 9.59 Å². The van der Waals surface area contributed by atoms with Crippen molar-refractivity contribution in [3.8, 4) is 0 Å². The van der Waals surface area contributed by atoms with Crippen molar-refractivity contribution < 1.29 is 14.7 Å². The summed E-state index contributed by atoms with van der Waals surface area (Å²) in [6.07, 6.45) is 3.12. The van der Waals surface area contributed by atoms with Gasteiger partial charge in [-0.2, -0.15) is 0 Å². The zero-order valence-corrected chi connectivity index (χ0v) is 11.6. The van der Waals surface area contributed by atoms with Gasteiger partial charge in [0.2, 0.25) is 0 Å². The molecule has 0 spiro atoms. The van der Waals surface area contributed by atoms with Crippen molar-refractivity contribution in [1.29, 1.82) is 0 Å². The minimum Gasteiger partial charge on any atom is -0.480 e. The van der Waals surface area contributed by atoms with Gasteiger partial charge >= 0.3 is 12.0 Å². The van der Waals surface area contributed by atoms with Gasteiger partial charge in [-0.1, -0.05) is 13.8 Å². The van der Waals surface area contributed by atoms with Crippen molar-refractivity contribution in [2.75, 3.05) is 0 Å². The Morgan fingerprint density at radius 3 is 2.06 bits per heavy atom. The van der Waals surface area contributed by atoms with Gasteiger partial charge in [-0.15, -0.1) is 0 Å². The zero-order chi connectivity index (χ0) is 13.9. The molecule has 0 bridgehead atoms. The Morgan fingerprint density at radius 1 is 1.11 bits per heavy atom. The molecule has 18 heavy (non-hydrogen) atoms. The Balaban J connectivity index is 2.47. The van der Waals surface area contributed by atoms with Gasteiger partial charge in [0.05, 0.1) is 0 Å². The number of rotatable bonds is 3. The molecule has 1 fully saturated rings. The van der Waals surface area contributed by atoms with E-state index in [1.165, 1.54) is 20.3 Å². The third-order valence-corrected chi connectivity index (χ3v) is 3.47. The molecule has 0 radical (unpaired) electrons. The predicted octanol–water partition coefficient (Wildman–Crippen LogP) is 1.97. The summed E-state index contributed by atoms with van der Waals surface area (Å²) in [7, 11) is 0. The molecule has 2 amide bonds. The first kappa shape index (κ1) is 14.8. The summed E-state index contributed by atoms with van der Waals surface area (Å²) in [6.45, 7) is 7.31. The molecule has 0 aliphatic heterocycles. The second kappa shape index (κ2) is 5.59. The van der Waals surface area contributed by atoms with Crippen molar-refractivity contribution >= 4 is 12.0 Å². The average Bonchev–Trinajstić information content (AvgIpc) is 2.13. The molecule has 5 heteroatoms. The number of amides is 2. The highest BCUT2D eigenvalue weighted by atomic mass is 16.4.